The monoisotopic (exact) mass is 263 g/mol. The molecule has 0 spiro atoms. The van der Waals surface area contributed by atoms with Crippen LogP contribution in [-0.4, -0.2) is 20.3 Å². The molecule has 3 heteroatoms. The molecule has 0 aliphatic heterocycles. The van der Waals surface area contributed by atoms with Crippen LogP contribution in [0.3, 0.4) is 0 Å². The molecule has 1 aliphatic rings. The van der Waals surface area contributed by atoms with E-state index in [0.29, 0.717) is 6.04 Å². The first-order valence-corrected chi connectivity index (χ1v) is 7.18. The number of ether oxygens (including phenoxy) is 2. The van der Waals surface area contributed by atoms with Crippen LogP contribution in [-0.2, 0) is 6.54 Å². The highest BCUT2D eigenvalue weighted by molar-refractivity contribution is 5.38. The van der Waals surface area contributed by atoms with Gasteiger partial charge in [0.25, 0.3) is 0 Å². The minimum Gasteiger partial charge on any atom is -0.497 e. The number of hydrogen-bond acceptors (Lipinski definition) is 3. The molecule has 2 rings (SSSR count). The third-order valence-electron chi connectivity index (χ3n) is 4.09. The Morgan fingerprint density at radius 3 is 2.26 bits per heavy atom. The number of methoxy groups -OCH3 is 2. The van der Waals surface area contributed by atoms with Crippen molar-refractivity contribution in [1.82, 2.24) is 5.32 Å². The molecular formula is C16H25NO2. The van der Waals surface area contributed by atoms with Crippen molar-refractivity contribution in [1.29, 1.82) is 0 Å². The molecule has 0 bridgehead atoms. The highest BCUT2D eigenvalue weighted by atomic mass is 16.5. The summed E-state index contributed by atoms with van der Waals surface area (Å²) in [5.41, 5.74) is 1.22. The van der Waals surface area contributed by atoms with Gasteiger partial charge in [0.05, 0.1) is 14.2 Å². The van der Waals surface area contributed by atoms with Crippen LogP contribution < -0.4 is 14.8 Å². The van der Waals surface area contributed by atoms with Gasteiger partial charge in [-0.3, -0.25) is 0 Å². The number of rotatable bonds is 5. The first-order valence-electron chi connectivity index (χ1n) is 7.18. The lowest BCUT2D eigenvalue weighted by molar-refractivity contribution is 0.279. The van der Waals surface area contributed by atoms with Gasteiger partial charge in [0.2, 0.25) is 0 Å². The van der Waals surface area contributed by atoms with Crippen molar-refractivity contribution in [3.05, 3.63) is 23.8 Å². The van der Waals surface area contributed by atoms with Crippen molar-refractivity contribution in [3.8, 4) is 11.5 Å². The molecule has 0 saturated heterocycles. The Hall–Kier alpha value is -1.22. The highest BCUT2D eigenvalue weighted by Crippen LogP contribution is 2.25. The summed E-state index contributed by atoms with van der Waals surface area (Å²) in [5, 5.41) is 3.68. The van der Waals surface area contributed by atoms with Gasteiger partial charge in [-0.05, 0) is 36.5 Å². The van der Waals surface area contributed by atoms with Gasteiger partial charge in [0, 0.05) is 18.7 Å². The van der Waals surface area contributed by atoms with Gasteiger partial charge < -0.3 is 14.8 Å². The molecule has 19 heavy (non-hydrogen) atoms. The molecule has 1 saturated carbocycles. The second kappa shape index (κ2) is 6.80. The van der Waals surface area contributed by atoms with E-state index in [9.17, 15) is 0 Å². The number of benzene rings is 1. The van der Waals surface area contributed by atoms with E-state index in [1.165, 1.54) is 31.2 Å². The molecule has 0 radical (unpaired) electrons. The fraction of sp³-hybridized carbons (Fsp3) is 0.625. The van der Waals surface area contributed by atoms with Crippen LogP contribution in [0.2, 0.25) is 0 Å². The minimum atomic E-state index is 0.644. The molecule has 1 fully saturated rings. The van der Waals surface area contributed by atoms with Crippen molar-refractivity contribution >= 4 is 0 Å². The topological polar surface area (TPSA) is 30.5 Å². The van der Waals surface area contributed by atoms with E-state index in [1.54, 1.807) is 14.2 Å². The second-order valence-electron chi connectivity index (χ2n) is 5.47. The summed E-state index contributed by atoms with van der Waals surface area (Å²) >= 11 is 0. The quantitative estimate of drug-likeness (QED) is 0.883. The van der Waals surface area contributed by atoms with Crippen LogP contribution in [0.4, 0.5) is 0 Å². The Morgan fingerprint density at radius 2 is 1.68 bits per heavy atom. The average molecular weight is 263 g/mol. The van der Waals surface area contributed by atoms with E-state index >= 15 is 0 Å². The summed E-state index contributed by atoms with van der Waals surface area (Å²) in [5.74, 6) is 2.49. The number of hydrogen-bond donors (Lipinski definition) is 1. The maximum atomic E-state index is 5.30. The Morgan fingerprint density at radius 1 is 1.05 bits per heavy atom. The summed E-state index contributed by atoms with van der Waals surface area (Å²) in [6.07, 6.45) is 5.37. The van der Waals surface area contributed by atoms with E-state index in [0.717, 1.165) is 24.0 Å². The van der Waals surface area contributed by atoms with Crippen LogP contribution in [0.1, 0.15) is 38.2 Å². The Bertz CT molecular complexity index is 383. The zero-order valence-electron chi connectivity index (χ0n) is 12.2. The van der Waals surface area contributed by atoms with Gasteiger partial charge in [-0.1, -0.05) is 19.8 Å². The van der Waals surface area contributed by atoms with Crippen molar-refractivity contribution in [2.75, 3.05) is 14.2 Å². The average Bonchev–Trinajstić information content (AvgIpc) is 2.46. The molecule has 1 N–H and O–H groups in total. The van der Waals surface area contributed by atoms with Gasteiger partial charge in [-0.25, -0.2) is 0 Å². The lowest BCUT2D eigenvalue weighted by atomic mass is 9.86. The predicted molar refractivity (Wildman–Crippen MR) is 77.8 cm³/mol. The van der Waals surface area contributed by atoms with Gasteiger partial charge in [-0.2, -0.15) is 0 Å². The molecule has 3 nitrogen and oxygen atoms in total. The molecule has 2 atom stereocenters. The maximum absolute atomic E-state index is 5.30. The van der Waals surface area contributed by atoms with Crippen molar-refractivity contribution in [2.24, 2.45) is 5.92 Å². The predicted octanol–water partition coefficient (Wildman–Crippen LogP) is 3.37. The molecule has 0 aromatic heterocycles. The second-order valence-corrected chi connectivity index (χ2v) is 5.47. The van der Waals surface area contributed by atoms with Crippen LogP contribution in [0.25, 0.3) is 0 Å². The number of nitrogens with one attached hydrogen (secondary N) is 1. The molecule has 0 heterocycles. The summed E-state index contributed by atoms with van der Waals surface area (Å²) in [7, 11) is 3.38. The molecule has 106 valence electrons. The minimum absolute atomic E-state index is 0.644. The van der Waals surface area contributed by atoms with Crippen LogP contribution >= 0.6 is 0 Å². The van der Waals surface area contributed by atoms with E-state index in [4.69, 9.17) is 9.47 Å². The van der Waals surface area contributed by atoms with Gasteiger partial charge in [-0.15, -0.1) is 0 Å². The Kier molecular flexibility index (Phi) is 5.08. The van der Waals surface area contributed by atoms with E-state index in [2.05, 4.69) is 24.4 Å². The standard InChI is InChI=1S/C16H25NO2/c1-12-6-4-5-7-16(12)17-11-13-8-14(18-2)10-15(9-13)19-3/h8-10,12,16-17H,4-7,11H2,1-3H3/t12-,16+/m0/s1. The lowest BCUT2D eigenvalue weighted by Gasteiger charge is -2.29. The third kappa shape index (κ3) is 3.87. The lowest BCUT2D eigenvalue weighted by Crippen LogP contribution is -2.36. The molecule has 1 aromatic carbocycles. The van der Waals surface area contributed by atoms with Crippen LogP contribution in [0, 0.1) is 5.92 Å². The molecule has 0 unspecified atom stereocenters. The molecule has 0 amide bonds. The van der Waals surface area contributed by atoms with Crippen molar-refractivity contribution < 1.29 is 9.47 Å². The molecule has 1 aliphatic carbocycles. The smallest absolute Gasteiger partial charge is 0.122 e. The van der Waals surface area contributed by atoms with E-state index in [-0.39, 0.29) is 0 Å². The summed E-state index contributed by atoms with van der Waals surface area (Å²) in [6, 6.07) is 6.70. The first kappa shape index (κ1) is 14.2. The largest absolute Gasteiger partial charge is 0.497 e. The highest BCUT2D eigenvalue weighted by Gasteiger charge is 2.20. The SMILES string of the molecule is COc1cc(CN[C@@H]2CCCC[C@@H]2C)cc(OC)c1. The van der Waals surface area contributed by atoms with E-state index < -0.39 is 0 Å². The normalized spacial score (nSPS) is 23.1. The fourth-order valence-electron chi connectivity index (χ4n) is 2.84. The summed E-state index contributed by atoms with van der Waals surface area (Å²) < 4.78 is 10.6. The first-order chi connectivity index (χ1) is 9.22. The van der Waals surface area contributed by atoms with Gasteiger partial charge in [0.1, 0.15) is 11.5 Å². The fourth-order valence-corrected chi connectivity index (χ4v) is 2.84. The van der Waals surface area contributed by atoms with Gasteiger partial charge >= 0.3 is 0 Å². The van der Waals surface area contributed by atoms with Crippen molar-refractivity contribution in [2.45, 2.75) is 45.2 Å². The maximum Gasteiger partial charge on any atom is 0.122 e. The van der Waals surface area contributed by atoms with E-state index in [1.807, 2.05) is 6.07 Å². The zero-order valence-corrected chi connectivity index (χ0v) is 12.2. The van der Waals surface area contributed by atoms with Gasteiger partial charge in [0.15, 0.2) is 0 Å². The molecular weight excluding hydrogens is 238 g/mol. The summed E-state index contributed by atoms with van der Waals surface area (Å²) in [4.78, 5) is 0. The summed E-state index contributed by atoms with van der Waals surface area (Å²) in [6.45, 7) is 3.23. The van der Waals surface area contributed by atoms with Crippen LogP contribution in [0.15, 0.2) is 18.2 Å². The zero-order chi connectivity index (χ0) is 13.7. The molecule has 1 aromatic rings. The van der Waals surface area contributed by atoms with Crippen LogP contribution in [0.5, 0.6) is 11.5 Å². The van der Waals surface area contributed by atoms with Crippen molar-refractivity contribution in [3.63, 3.8) is 0 Å². The third-order valence-corrected chi connectivity index (χ3v) is 4.09. The Balaban J connectivity index is 1.98. The Labute approximate surface area is 116 Å².